The summed E-state index contributed by atoms with van der Waals surface area (Å²) in [5, 5.41) is 2.98. The van der Waals surface area contributed by atoms with Crippen molar-refractivity contribution in [2.24, 2.45) is 0 Å². The molecule has 0 radical (unpaired) electrons. The molecule has 0 fully saturated rings. The van der Waals surface area contributed by atoms with E-state index in [9.17, 15) is 4.79 Å². The number of hydrogen-bond acceptors (Lipinski definition) is 1. The molecule has 1 atom stereocenters. The number of benzene rings is 1. The first kappa shape index (κ1) is 12.8. The molecular formula is C14H21NO. The third-order valence-electron chi connectivity index (χ3n) is 2.37. The van der Waals surface area contributed by atoms with Crippen LogP contribution in [-0.2, 0) is 4.79 Å². The fourth-order valence-electron chi connectivity index (χ4n) is 1.65. The van der Waals surface area contributed by atoms with E-state index in [0.717, 1.165) is 0 Å². The molecular weight excluding hydrogens is 198 g/mol. The second-order valence-corrected chi connectivity index (χ2v) is 5.31. The van der Waals surface area contributed by atoms with E-state index in [1.165, 1.54) is 5.56 Å². The van der Waals surface area contributed by atoms with Crippen LogP contribution >= 0.6 is 0 Å². The third-order valence-corrected chi connectivity index (χ3v) is 2.37. The molecule has 0 saturated carbocycles. The molecule has 0 spiro atoms. The van der Waals surface area contributed by atoms with Crippen LogP contribution in [0.2, 0.25) is 0 Å². The number of amides is 1. The molecule has 0 aliphatic carbocycles. The molecule has 1 N–H and O–H groups in total. The van der Waals surface area contributed by atoms with Crippen LogP contribution in [0.5, 0.6) is 0 Å². The minimum absolute atomic E-state index is 0.115. The van der Waals surface area contributed by atoms with Crippen molar-refractivity contribution in [2.45, 2.75) is 45.6 Å². The minimum Gasteiger partial charge on any atom is -0.351 e. The predicted molar refractivity (Wildman–Crippen MR) is 67.4 cm³/mol. The van der Waals surface area contributed by atoms with E-state index in [4.69, 9.17) is 0 Å². The zero-order valence-corrected chi connectivity index (χ0v) is 10.6. The number of nitrogens with one attached hydrogen (secondary N) is 1. The molecule has 2 nitrogen and oxygen atoms in total. The Morgan fingerprint density at radius 2 is 1.81 bits per heavy atom. The molecule has 0 heterocycles. The summed E-state index contributed by atoms with van der Waals surface area (Å²) in [4.78, 5) is 11.7. The summed E-state index contributed by atoms with van der Waals surface area (Å²) in [5.41, 5.74) is 1.07. The molecule has 0 saturated heterocycles. The lowest BCUT2D eigenvalue weighted by Crippen LogP contribution is -2.40. The first-order chi connectivity index (χ1) is 7.38. The summed E-state index contributed by atoms with van der Waals surface area (Å²) in [6, 6.07) is 10.1. The van der Waals surface area contributed by atoms with Gasteiger partial charge >= 0.3 is 0 Å². The van der Waals surface area contributed by atoms with Gasteiger partial charge in [-0.05, 0) is 32.3 Å². The molecule has 1 amide bonds. The van der Waals surface area contributed by atoms with Gasteiger partial charge in [-0.2, -0.15) is 0 Å². The fraction of sp³-hybridized carbons (Fsp3) is 0.500. The Balaban J connectivity index is 2.52. The topological polar surface area (TPSA) is 29.1 Å². The van der Waals surface area contributed by atoms with Crippen LogP contribution in [-0.4, -0.2) is 11.4 Å². The maximum atomic E-state index is 11.7. The van der Waals surface area contributed by atoms with Crippen LogP contribution < -0.4 is 5.32 Å². The molecule has 0 aromatic heterocycles. The minimum atomic E-state index is -0.145. The molecule has 1 unspecified atom stereocenters. The summed E-state index contributed by atoms with van der Waals surface area (Å²) in [6.07, 6.45) is 0.543. The Kier molecular flexibility index (Phi) is 4.11. The monoisotopic (exact) mass is 219 g/mol. The number of carbonyl (C=O) groups is 1. The largest absolute Gasteiger partial charge is 0.351 e. The standard InChI is InChI=1S/C14H21NO/c1-11(12-8-6-5-7-9-12)10-13(16)15-14(2,3)4/h5-9,11H,10H2,1-4H3,(H,15,16). The Hall–Kier alpha value is -1.31. The molecule has 16 heavy (non-hydrogen) atoms. The molecule has 0 bridgehead atoms. The highest BCUT2D eigenvalue weighted by molar-refractivity contribution is 5.77. The van der Waals surface area contributed by atoms with Crippen molar-refractivity contribution in [3.63, 3.8) is 0 Å². The van der Waals surface area contributed by atoms with Crippen LogP contribution in [0, 0.1) is 0 Å². The zero-order valence-electron chi connectivity index (χ0n) is 10.6. The zero-order chi connectivity index (χ0) is 12.2. The van der Waals surface area contributed by atoms with Gasteiger partial charge in [0.1, 0.15) is 0 Å². The average Bonchev–Trinajstić information content (AvgIpc) is 2.16. The Bertz CT molecular complexity index is 338. The lowest BCUT2D eigenvalue weighted by atomic mass is 9.97. The SMILES string of the molecule is CC(CC(=O)NC(C)(C)C)c1ccccc1. The molecule has 0 aliphatic heterocycles. The highest BCUT2D eigenvalue weighted by Crippen LogP contribution is 2.18. The van der Waals surface area contributed by atoms with Crippen LogP contribution in [0.4, 0.5) is 0 Å². The molecule has 88 valence electrons. The third kappa shape index (κ3) is 4.47. The van der Waals surface area contributed by atoms with Gasteiger partial charge in [0.15, 0.2) is 0 Å². The van der Waals surface area contributed by atoms with Gasteiger partial charge in [-0.1, -0.05) is 37.3 Å². The van der Waals surface area contributed by atoms with Crippen molar-refractivity contribution < 1.29 is 4.79 Å². The average molecular weight is 219 g/mol. The first-order valence-corrected chi connectivity index (χ1v) is 5.74. The van der Waals surface area contributed by atoms with E-state index in [1.807, 2.05) is 39.0 Å². The van der Waals surface area contributed by atoms with E-state index >= 15 is 0 Å². The van der Waals surface area contributed by atoms with E-state index in [1.54, 1.807) is 0 Å². The smallest absolute Gasteiger partial charge is 0.220 e. The highest BCUT2D eigenvalue weighted by Gasteiger charge is 2.16. The van der Waals surface area contributed by atoms with E-state index in [0.29, 0.717) is 6.42 Å². The highest BCUT2D eigenvalue weighted by atomic mass is 16.1. The number of hydrogen-bond donors (Lipinski definition) is 1. The van der Waals surface area contributed by atoms with Crippen molar-refractivity contribution in [1.82, 2.24) is 5.32 Å². The molecule has 0 aliphatic rings. The van der Waals surface area contributed by atoms with Gasteiger partial charge in [0, 0.05) is 12.0 Å². The molecule has 1 rings (SSSR count). The maximum Gasteiger partial charge on any atom is 0.220 e. The lowest BCUT2D eigenvalue weighted by molar-refractivity contribution is -0.122. The molecule has 2 heteroatoms. The van der Waals surface area contributed by atoms with Crippen LogP contribution in [0.15, 0.2) is 30.3 Å². The first-order valence-electron chi connectivity index (χ1n) is 5.74. The van der Waals surface area contributed by atoms with E-state index in [-0.39, 0.29) is 17.4 Å². The van der Waals surface area contributed by atoms with Gasteiger partial charge in [0.2, 0.25) is 5.91 Å². The second kappa shape index (κ2) is 5.15. The van der Waals surface area contributed by atoms with Gasteiger partial charge in [-0.25, -0.2) is 0 Å². The summed E-state index contributed by atoms with van der Waals surface area (Å²) in [6.45, 7) is 8.08. The summed E-state index contributed by atoms with van der Waals surface area (Å²) in [5.74, 6) is 0.382. The number of carbonyl (C=O) groups excluding carboxylic acids is 1. The Labute approximate surface area is 98.1 Å². The normalized spacial score (nSPS) is 13.2. The summed E-state index contributed by atoms with van der Waals surface area (Å²) < 4.78 is 0. The fourth-order valence-corrected chi connectivity index (χ4v) is 1.65. The predicted octanol–water partition coefficient (Wildman–Crippen LogP) is 3.09. The van der Waals surface area contributed by atoms with Crippen molar-refractivity contribution in [3.8, 4) is 0 Å². The van der Waals surface area contributed by atoms with Gasteiger partial charge in [0.05, 0.1) is 0 Å². The second-order valence-electron chi connectivity index (χ2n) is 5.31. The molecule has 1 aromatic rings. The van der Waals surface area contributed by atoms with Crippen molar-refractivity contribution in [3.05, 3.63) is 35.9 Å². The maximum absolute atomic E-state index is 11.7. The van der Waals surface area contributed by atoms with Gasteiger partial charge in [-0.3, -0.25) is 4.79 Å². The van der Waals surface area contributed by atoms with Crippen LogP contribution in [0.1, 0.15) is 45.6 Å². The van der Waals surface area contributed by atoms with Crippen molar-refractivity contribution >= 4 is 5.91 Å². The Morgan fingerprint density at radius 1 is 1.25 bits per heavy atom. The lowest BCUT2D eigenvalue weighted by Gasteiger charge is -2.22. The number of rotatable bonds is 3. The summed E-state index contributed by atoms with van der Waals surface area (Å²) in [7, 11) is 0. The molecule has 1 aromatic carbocycles. The van der Waals surface area contributed by atoms with Crippen LogP contribution in [0.25, 0.3) is 0 Å². The van der Waals surface area contributed by atoms with Gasteiger partial charge in [-0.15, -0.1) is 0 Å². The quantitative estimate of drug-likeness (QED) is 0.831. The van der Waals surface area contributed by atoms with Gasteiger partial charge in [0.25, 0.3) is 0 Å². The van der Waals surface area contributed by atoms with E-state index in [2.05, 4.69) is 24.4 Å². The van der Waals surface area contributed by atoms with E-state index < -0.39 is 0 Å². The van der Waals surface area contributed by atoms with Crippen LogP contribution in [0.3, 0.4) is 0 Å². The van der Waals surface area contributed by atoms with Crippen molar-refractivity contribution in [1.29, 1.82) is 0 Å². The summed E-state index contributed by atoms with van der Waals surface area (Å²) >= 11 is 0. The Morgan fingerprint density at radius 3 is 2.31 bits per heavy atom. The van der Waals surface area contributed by atoms with Gasteiger partial charge < -0.3 is 5.32 Å². The van der Waals surface area contributed by atoms with Crippen molar-refractivity contribution in [2.75, 3.05) is 0 Å².